The highest BCUT2D eigenvalue weighted by Crippen LogP contribution is 2.20. The summed E-state index contributed by atoms with van der Waals surface area (Å²) in [5.41, 5.74) is 4.46. The Morgan fingerprint density at radius 1 is 0.923 bits per heavy atom. The van der Waals surface area contributed by atoms with Gasteiger partial charge in [-0.1, -0.05) is 18.2 Å². The predicted molar refractivity (Wildman–Crippen MR) is 108 cm³/mol. The van der Waals surface area contributed by atoms with Gasteiger partial charge in [-0.25, -0.2) is 0 Å². The van der Waals surface area contributed by atoms with Crippen LogP contribution in [0.25, 0.3) is 11.3 Å². The van der Waals surface area contributed by atoms with Gasteiger partial charge in [0.15, 0.2) is 0 Å². The number of pyridine rings is 1. The molecule has 0 aliphatic rings. The summed E-state index contributed by atoms with van der Waals surface area (Å²) >= 11 is 0. The lowest BCUT2D eigenvalue weighted by molar-refractivity contribution is 0.102. The predicted octanol–water partition coefficient (Wildman–Crippen LogP) is 4.85. The van der Waals surface area contributed by atoms with E-state index in [2.05, 4.69) is 29.0 Å². The van der Waals surface area contributed by atoms with Crippen molar-refractivity contribution in [3.05, 3.63) is 78.5 Å². The number of hydrogen-bond donors (Lipinski definition) is 1. The number of benzene rings is 2. The summed E-state index contributed by atoms with van der Waals surface area (Å²) in [6, 6.07) is 21.2. The molecule has 3 rings (SSSR count). The molecular formula is C22H23N3O. The molecule has 0 radical (unpaired) electrons. The number of amides is 1. The largest absolute Gasteiger partial charge is 0.372 e. The first-order chi connectivity index (χ1) is 12.7. The number of carbonyl (C=O) groups excluding carboxylic acids is 1. The minimum absolute atomic E-state index is 0.117. The highest BCUT2D eigenvalue weighted by atomic mass is 16.1. The van der Waals surface area contributed by atoms with Crippen LogP contribution in [0.15, 0.2) is 72.9 Å². The molecule has 0 aliphatic carbocycles. The Labute approximate surface area is 154 Å². The third kappa shape index (κ3) is 4.09. The summed E-state index contributed by atoms with van der Waals surface area (Å²) in [5.74, 6) is -0.117. The van der Waals surface area contributed by atoms with Crippen molar-refractivity contribution in [3.8, 4) is 11.3 Å². The van der Waals surface area contributed by atoms with Crippen molar-refractivity contribution in [1.29, 1.82) is 0 Å². The Hall–Kier alpha value is -3.14. The zero-order valence-corrected chi connectivity index (χ0v) is 15.1. The molecule has 4 nitrogen and oxygen atoms in total. The van der Waals surface area contributed by atoms with E-state index in [1.807, 2.05) is 66.7 Å². The Morgan fingerprint density at radius 3 is 2.19 bits per heavy atom. The average molecular weight is 345 g/mol. The topological polar surface area (TPSA) is 45.2 Å². The van der Waals surface area contributed by atoms with Gasteiger partial charge >= 0.3 is 0 Å². The van der Waals surface area contributed by atoms with E-state index in [-0.39, 0.29) is 5.91 Å². The lowest BCUT2D eigenvalue weighted by Crippen LogP contribution is -2.21. The molecule has 0 saturated carbocycles. The van der Waals surface area contributed by atoms with Gasteiger partial charge in [0.1, 0.15) is 0 Å². The number of carbonyl (C=O) groups is 1. The number of anilines is 2. The van der Waals surface area contributed by atoms with Crippen LogP contribution in [0, 0.1) is 0 Å². The van der Waals surface area contributed by atoms with Crippen LogP contribution < -0.4 is 10.2 Å². The minimum atomic E-state index is -0.117. The quantitative estimate of drug-likeness (QED) is 0.695. The normalized spacial score (nSPS) is 10.4. The van der Waals surface area contributed by atoms with Crippen molar-refractivity contribution >= 4 is 17.3 Å². The van der Waals surface area contributed by atoms with Gasteiger partial charge < -0.3 is 10.2 Å². The second-order valence-corrected chi connectivity index (χ2v) is 5.97. The number of aromatic nitrogens is 1. The number of hydrogen-bond acceptors (Lipinski definition) is 3. The smallest absolute Gasteiger partial charge is 0.255 e. The van der Waals surface area contributed by atoms with E-state index in [0.29, 0.717) is 5.56 Å². The van der Waals surface area contributed by atoms with Crippen molar-refractivity contribution in [2.45, 2.75) is 13.8 Å². The standard InChI is InChI=1S/C22H23N3O/c1-3-25(4-2)20-14-12-19(13-15-20)24-22(26)18-10-8-17(9-11-18)21-7-5-6-16-23-21/h5-16H,3-4H2,1-2H3,(H,24,26). The summed E-state index contributed by atoms with van der Waals surface area (Å²) in [6.45, 7) is 6.19. The van der Waals surface area contributed by atoms with Crippen molar-refractivity contribution in [2.75, 3.05) is 23.3 Å². The summed E-state index contributed by atoms with van der Waals surface area (Å²) in [5, 5.41) is 2.95. The summed E-state index contributed by atoms with van der Waals surface area (Å²) in [7, 11) is 0. The van der Waals surface area contributed by atoms with E-state index < -0.39 is 0 Å². The van der Waals surface area contributed by atoms with Crippen molar-refractivity contribution < 1.29 is 4.79 Å². The molecule has 0 unspecified atom stereocenters. The van der Waals surface area contributed by atoms with Crippen LogP contribution >= 0.6 is 0 Å². The fourth-order valence-corrected chi connectivity index (χ4v) is 2.87. The monoisotopic (exact) mass is 345 g/mol. The summed E-state index contributed by atoms with van der Waals surface area (Å²) in [4.78, 5) is 19.0. The fourth-order valence-electron chi connectivity index (χ4n) is 2.87. The molecule has 3 aromatic rings. The third-order valence-corrected chi connectivity index (χ3v) is 4.36. The molecular weight excluding hydrogens is 322 g/mol. The molecule has 1 N–H and O–H groups in total. The molecule has 26 heavy (non-hydrogen) atoms. The van der Waals surface area contributed by atoms with Crippen molar-refractivity contribution in [3.63, 3.8) is 0 Å². The first-order valence-corrected chi connectivity index (χ1v) is 8.89. The molecule has 0 aliphatic heterocycles. The first-order valence-electron chi connectivity index (χ1n) is 8.89. The van der Waals surface area contributed by atoms with Crippen LogP contribution in [-0.2, 0) is 0 Å². The number of nitrogens with zero attached hydrogens (tertiary/aromatic N) is 2. The van der Waals surface area contributed by atoms with Gasteiger partial charge in [0.25, 0.3) is 5.91 Å². The second-order valence-electron chi connectivity index (χ2n) is 5.97. The van der Waals surface area contributed by atoms with E-state index in [1.165, 1.54) is 0 Å². The second kappa shape index (κ2) is 8.30. The van der Waals surface area contributed by atoms with Crippen LogP contribution in [0.3, 0.4) is 0 Å². The molecule has 2 aromatic carbocycles. The molecule has 1 amide bonds. The van der Waals surface area contributed by atoms with Crippen molar-refractivity contribution in [2.24, 2.45) is 0 Å². The van der Waals surface area contributed by atoms with Crippen molar-refractivity contribution in [1.82, 2.24) is 4.98 Å². The van der Waals surface area contributed by atoms with E-state index >= 15 is 0 Å². The Bertz CT molecular complexity index is 839. The zero-order valence-electron chi connectivity index (χ0n) is 15.1. The lowest BCUT2D eigenvalue weighted by atomic mass is 10.1. The molecule has 0 bridgehead atoms. The average Bonchev–Trinajstić information content (AvgIpc) is 2.71. The molecule has 0 atom stereocenters. The molecule has 132 valence electrons. The molecule has 4 heteroatoms. The lowest BCUT2D eigenvalue weighted by Gasteiger charge is -2.21. The van der Waals surface area contributed by atoms with Gasteiger partial charge in [0.05, 0.1) is 5.69 Å². The highest BCUT2D eigenvalue weighted by Gasteiger charge is 2.08. The van der Waals surface area contributed by atoms with Gasteiger partial charge in [-0.15, -0.1) is 0 Å². The van der Waals surface area contributed by atoms with E-state index in [0.717, 1.165) is 35.7 Å². The third-order valence-electron chi connectivity index (χ3n) is 4.36. The van der Waals surface area contributed by atoms with Gasteiger partial charge in [0, 0.05) is 41.8 Å². The number of nitrogens with one attached hydrogen (secondary N) is 1. The van der Waals surface area contributed by atoms with Gasteiger partial charge in [-0.3, -0.25) is 9.78 Å². The maximum absolute atomic E-state index is 12.5. The summed E-state index contributed by atoms with van der Waals surface area (Å²) < 4.78 is 0. The molecule has 0 fully saturated rings. The van der Waals surface area contributed by atoms with Crippen LogP contribution in [0.5, 0.6) is 0 Å². The molecule has 1 heterocycles. The maximum atomic E-state index is 12.5. The molecule has 1 aromatic heterocycles. The molecule has 0 saturated heterocycles. The Balaban J connectivity index is 1.68. The highest BCUT2D eigenvalue weighted by molar-refractivity contribution is 6.04. The maximum Gasteiger partial charge on any atom is 0.255 e. The van der Waals surface area contributed by atoms with Crippen LogP contribution in [0.2, 0.25) is 0 Å². The first kappa shape index (κ1) is 17.7. The van der Waals surface area contributed by atoms with E-state index in [1.54, 1.807) is 6.20 Å². The Kier molecular flexibility index (Phi) is 5.64. The van der Waals surface area contributed by atoms with E-state index in [9.17, 15) is 4.79 Å². The molecule has 0 spiro atoms. The summed E-state index contributed by atoms with van der Waals surface area (Å²) in [6.07, 6.45) is 1.76. The minimum Gasteiger partial charge on any atom is -0.372 e. The van der Waals surface area contributed by atoms with Crippen LogP contribution in [0.1, 0.15) is 24.2 Å². The van der Waals surface area contributed by atoms with E-state index in [4.69, 9.17) is 0 Å². The van der Waals surface area contributed by atoms with Crippen LogP contribution in [0.4, 0.5) is 11.4 Å². The van der Waals surface area contributed by atoms with Crippen LogP contribution in [-0.4, -0.2) is 24.0 Å². The van der Waals surface area contributed by atoms with Gasteiger partial charge in [-0.05, 0) is 62.4 Å². The van der Waals surface area contributed by atoms with Gasteiger partial charge in [-0.2, -0.15) is 0 Å². The Morgan fingerprint density at radius 2 is 1.62 bits per heavy atom. The van der Waals surface area contributed by atoms with Gasteiger partial charge in [0.2, 0.25) is 0 Å². The zero-order chi connectivity index (χ0) is 18.4. The number of rotatable bonds is 6. The SMILES string of the molecule is CCN(CC)c1ccc(NC(=O)c2ccc(-c3ccccn3)cc2)cc1. The fraction of sp³-hybridized carbons (Fsp3) is 0.182.